The van der Waals surface area contributed by atoms with Crippen LogP contribution >= 0.6 is 0 Å². The van der Waals surface area contributed by atoms with Crippen LogP contribution in [0.25, 0.3) is 0 Å². The maximum Gasteiger partial charge on any atom is 0.187 e. The van der Waals surface area contributed by atoms with Crippen LogP contribution < -0.4 is 0 Å². The lowest BCUT2D eigenvalue weighted by Gasteiger charge is -2.71. The molecule has 15 N–H and O–H groups in total. The molecule has 0 aromatic rings. The third-order valence-corrected chi connectivity index (χ3v) is 20.9. The molecule has 8 fully saturated rings. The van der Waals surface area contributed by atoms with Gasteiger partial charge >= 0.3 is 0 Å². The third kappa shape index (κ3) is 10.8. The Hall–Kier alpha value is -1.22. The lowest BCUT2D eigenvalue weighted by molar-refractivity contribution is -0.378. The molecule has 0 spiro atoms. The zero-order chi connectivity index (χ0) is 56.6. The number of rotatable bonds is 18. The van der Waals surface area contributed by atoms with E-state index in [1.54, 1.807) is 6.92 Å². The maximum absolute atomic E-state index is 12.9. The fraction of sp³-hybridized carbons (Fsp3) is 0.962. The van der Waals surface area contributed by atoms with Gasteiger partial charge in [-0.05, 0) is 123 Å². The second kappa shape index (κ2) is 23.4. The van der Waals surface area contributed by atoms with E-state index >= 15 is 0 Å². The van der Waals surface area contributed by atoms with Gasteiger partial charge in [0.05, 0.1) is 44.2 Å². The van der Waals surface area contributed by atoms with Crippen LogP contribution in [0.1, 0.15) is 106 Å². The van der Waals surface area contributed by atoms with E-state index in [1.165, 1.54) is 0 Å². The quantitative estimate of drug-likeness (QED) is 0.0303. The Balaban J connectivity index is 1.02. The molecular weight excluding hydrogens is 1020 g/mol. The monoisotopic (exact) mass is 1110 g/mol. The number of hydrogen-bond donors (Lipinski definition) is 15. The van der Waals surface area contributed by atoms with E-state index in [2.05, 4.69) is 41.2 Å². The van der Waals surface area contributed by atoms with E-state index in [1.807, 2.05) is 6.92 Å². The number of fused-ring (bicyclic) bond motifs is 5. The smallest absolute Gasteiger partial charge is 0.187 e. The standard InChI is InChI=1S/C53H90O24/c1-22(2)25(77-68)10-16-53(8,76-47-43(67)39(63)37(61)29(73-47)21-69-45-41(65)36(60)28(20-56)70-45)23-9-14-52(7)33(23)24(57)17-31-50(5)13-12-32(49(3,4)30(50)11-15-51(31,52)6)74-48-44(40(64)35(59)27(19-55)72-48)75-46-42(66)38(62)34(58)26(18-54)71-46/h23-48,54-68H,1,9-21H2,2-8H3/t23-,24+,25-,26+,27+,28-,29+,30+,31+,32-,33-,34+,35+,36-,37+,38-,39-,40-,41+,42+,43+,44+,45+,46-,47-,48-,50-,51+,52+,53-/m0/s1. The van der Waals surface area contributed by atoms with E-state index in [0.29, 0.717) is 37.7 Å². The van der Waals surface area contributed by atoms with Crippen LogP contribution in [0.3, 0.4) is 0 Å². The minimum absolute atomic E-state index is 0.00676. The Morgan fingerprint density at radius 3 is 1.71 bits per heavy atom. The molecule has 0 aromatic heterocycles. The van der Waals surface area contributed by atoms with Crippen molar-refractivity contribution < 1.29 is 120 Å². The predicted molar refractivity (Wildman–Crippen MR) is 263 cm³/mol. The largest absolute Gasteiger partial charge is 0.394 e. The van der Waals surface area contributed by atoms with E-state index in [9.17, 15) is 76.7 Å². The molecule has 0 radical (unpaired) electrons. The van der Waals surface area contributed by atoms with Crippen molar-refractivity contribution >= 4 is 0 Å². The molecule has 24 nitrogen and oxygen atoms in total. The topological polar surface area (TPSA) is 387 Å². The Morgan fingerprint density at radius 1 is 0.597 bits per heavy atom. The summed E-state index contributed by atoms with van der Waals surface area (Å²) in [5.74, 6) is -0.761. The number of hydrogen-bond acceptors (Lipinski definition) is 24. The van der Waals surface area contributed by atoms with E-state index < -0.39 is 184 Å². The molecule has 4 saturated heterocycles. The molecule has 4 saturated carbocycles. The fourth-order valence-electron chi connectivity index (χ4n) is 16.2. The van der Waals surface area contributed by atoms with E-state index in [-0.39, 0.29) is 41.4 Å². The first-order valence-corrected chi connectivity index (χ1v) is 27.6. The summed E-state index contributed by atoms with van der Waals surface area (Å²) < 4.78 is 48.7. The molecule has 30 atom stereocenters. The lowest BCUT2D eigenvalue weighted by atomic mass is 9.35. The number of aliphatic hydroxyl groups is 14. The van der Waals surface area contributed by atoms with Crippen molar-refractivity contribution in [1.29, 1.82) is 0 Å². The molecule has 8 aliphatic rings. The summed E-state index contributed by atoms with van der Waals surface area (Å²) in [7, 11) is 0. The molecule has 0 bridgehead atoms. The molecule has 0 aromatic carbocycles. The average Bonchev–Trinajstić information content (AvgIpc) is 4.14. The van der Waals surface area contributed by atoms with Crippen LogP contribution in [0.4, 0.5) is 0 Å². The van der Waals surface area contributed by atoms with Crippen molar-refractivity contribution in [1.82, 2.24) is 0 Å². The van der Waals surface area contributed by atoms with Crippen LogP contribution in [0.5, 0.6) is 0 Å². The van der Waals surface area contributed by atoms with Crippen LogP contribution in [-0.2, 0) is 42.8 Å². The van der Waals surface area contributed by atoms with Crippen molar-refractivity contribution in [2.75, 3.05) is 26.4 Å². The molecule has 0 amide bonds. The van der Waals surface area contributed by atoms with Gasteiger partial charge in [-0.2, -0.15) is 0 Å². The summed E-state index contributed by atoms with van der Waals surface area (Å²) in [6.45, 7) is 16.1. The first kappa shape index (κ1) is 61.8. The third-order valence-electron chi connectivity index (χ3n) is 20.9. The van der Waals surface area contributed by atoms with Gasteiger partial charge in [-0.15, -0.1) is 0 Å². The Morgan fingerprint density at radius 2 is 1.12 bits per heavy atom. The highest BCUT2D eigenvalue weighted by Gasteiger charge is 2.72. The molecule has 446 valence electrons. The first-order chi connectivity index (χ1) is 36.1. The van der Waals surface area contributed by atoms with Gasteiger partial charge in [-0.1, -0.05) is 41.2 Å². The second-order valence-corrected chi connectivity index (χ2v) is 25.4. The summed E-state index contributed by atoms with van der Waals surface area (Å²) >= 11 is 0. The van der Waals surface area contributed by atoms with Crippen molar-refractivity contribution in [2.24, 2.45) is 45.3 Å². The summed E-state index contributed by atoms with van der Waals surface area (Å²) in [5.41, 5.74) is -2.50. The molecule has 4 aliphatic heterocycles. The van der Waals surface area contributed by atoms with Gasteiger partial charge in [-0.3, -0.25) is 5.26 Å². The van der Waals surface area contributed by atoms with Gasteiger partial charge in [0.2, 0.25) is 0 Å². The maximum atomic E-state index is 12.9. The van der Waals surface area contributed by atoms with Gasteiger partial charge in [0.25, 0.3) is 0 Å². The summed E-state index contributed by atoms with van der Waals surface area (Å²) in [5, 5.41) is 161. The average molecular weight is 1110 g/mol. The summed E-state index contributed by atoms with van der Waals surface area (Å²) in [4.78, 5) is 4.85. The van der Waals surface area contributed by atoms with E-state index in [4.69, 9.17) is 42.8 Å². The normalized spacial score (nSPS) is 52.0. The molecule has 4 heterocycles. The van der Waals surface area contributed by atoms with Crippen LogP contribution in [-0.4, -0.2) is 244 Å². The molecule has 77 heavy (non-hydrogen) atoms. The van der Waals surface area contributed by atoms with Gasteiger partial charge < -0.3 is 109 Å². The zero-order valence-corrected chi connectivity index (χ0v) is 45.3. The van der Waals surface area contributed by atoms with Crippen molar-refractivity contribution in [3.8, 4) is 0 Å². The second-order valence-electron chi connectivity index (χ2n) is 25.4. The van der Waals surface area contributed by atoms with Crippen molar-refractivity contribution in [3.63, 3.8) is 0 Å². The predicted octanol–water partition coefficient (Wildman–Crippen LogP) is -2.10. The van der Waals surface area contributed by atoms with Crippen LogP contribution in [0.15, 0.2) is 12.2 Å². The van der Waals surface area contributed by atoms with Crippen LogP contribution in [0.2, 0.25) is 0 Å². The van der Waals surface area contributed by atoms with Crippen molar-refractivity contribution in [3.05, 3.63) is 12.2 Å². The van der Waals surface area contributed by atoms with Gasteiger partial charge in [0.1, 0.15) is 97.7 Å². The molecular formula is C53H90O24. The summed E-state index contributed by atoms with van der Waals surface area (Å²) in [6.07, 6.45) is -27.0. The zero-order valence-electron chi connectivity index (χ0n) is 45.3. The van der Waals surface area contributed by atoms with Gasteiger partial charge in [0, 0.05) is 0 Å². The Kier molecular flexibility index (Phi) is 18.8. The highest BCUT2D eigenvalue weighted by atomic mass is 17.1. The number of ether oxygens (including phenoxy) is 8. The van der Waals surface area contributed by atoms with Gasteiger partial charge in [-0.25, -0.2) is 4.89 Å². The van der Waals surface area contributed by atoms with E-state index in [0.717, 1.165) is 12.8 Å². The number of aliphatic hydroxyl groups excluding tert-OH is 14. The SMILES string of the molecule is C=C(C)[C@H](CC[C@](C)(O[C@@H]1O[C@H](CO[C@@H]2O[C@@H](CO)[C@H](O)[C@H]2O)[C@@H](O)[C@H](O)[C@H]1O)[C@H]1CC[C@]2(C)[C@@H]1[C@H](O)C[C@@H]1[C@@]3(C)CC[C@H](O[C@@H]4O[C@H](CO)[C@@H](O)[C@H](O)[C@H]4O[C@@H]4O[C@H](CO)[C@@H](O)[C@H](O)[C@H]4O)C(C)(C)[C@H]3CC[C@]12C)OO. The summed E-state index contributed by atoms with van der Waals surface area (Å²) in [6, 6.07) is 0. The highest BCUT2D eigenvalue weighted by molar-refractivity contribution is 5.21. The Bertz CT molecular complexity index is 1990. The van der Waals surface area contributed by atoms with Crippen LogP contribution in [0, 0.1) is 45.3 Å². The first-order valence-electron chi connectivity index (χ1n) is 27.6. The minimum Gasteiger partial charge on any atom is -0.394 e. The Labute approximate surface area is 449 Å². The van der Waals surface area contributed by atoms with Crippen molar-refractivity contribution in [2.45, 2.75) is 247 Å². The molecule has 8 rings (SSSR count). The fourth-order valence-corrected chi connectivity index (χ4v) is 16.2. The van der Waals surface area contributed by atoms with Gasteiger partial charge in [0.15, 0.2) is 25.2 Å². The molecule has 4 aliphatic carbocycles. The highest BCUT2D eigenvalue weighted by Crippen LogP contribution is 2.76. The molecule has 0 unspecified atom stereocenters. The lowest BCUT2D eigenvalue weighted by Crippen LogP contribution is -2.68. The molecule has 24 heteroatoms. The minimum atomic E-state index is -1.83.